The number of nitrogens with one attached hydrogen (secondary N) is 1. The van der Waals surface area contributed by atoms with Gasteiger partial charge >= 0.3 is 0 Å². The lowest BCUT2D eigenvalue weighted by atomic mass is 10.2. The van der Waals surface area contributed by atoms with E-state index in [9.17, 15) is 0 Å². The average Bonchev–Trinajstić information content (AvgIpc) is 3.17. The van der Waals surface area contributed by atoms with Crippen LogP contribution in [0.4, 0.5) is 0 Å². The lowest BCUT2D eigenvalue weighted by Crippen LogP contribution is -2.11. The minimum Gasteiger partial charge on any atom is -0.348 e. The van der Waals surface area contributed by atoms with Crippen LogP contribution in [-0.2, 0) is 6.54 Å². The summed E-state index contributed by atoms with van der Waals surface area (Å²) in [6.07, 6.45) is 6.28. The molecular weight excluding hydrogens is 260 g/mol. The van der Waals surface area contributed by atoms with E-state index in [0.717, 1.165) is 17.9 Å². The Balaban J connectivity index is 1.74. The van der Waals surface area contributed by atoms with E-state index in [1.807, 2.05) is 36.1 Å². The molecule has 1 unspecified atom stereocenters. The van der Waals surface area contributed by atoms with E-state index in [4.69, 9.17) is 0 Å². The Morgan fingerprint density at radius 3 is 2.67 bits per heavy atom. The summed E-state index contributed by atoms with van der Waals surface area (Å²) in [7, 11) is 1.98. The molecule has 1 atom stereocenters. The van der Waals surface area contributed by atoms with Crippen LogP contribution < -0.4 is 5.32 Å². The highest BCUT2D eigenvalue weighted by Crippen LogP contribution is 2.13. The van der Waals surface area contributed by atoms with Crippen molar-refractivity contribution < 1.29 is 0 Å². The van der Waals surface area contributed by atoms with E-state index < -0.39 is 0 Å². The molecule has 0 spiro atoms. The number of aromatic nitrogens is 3. The van der Waals surface area contributed by atoms with Gasteiger partial charge in [-0.05, 0) is 43.8 Å². The third-order valence-electron chi connectivity index (χ3n) is 3.72. The van der Waals surface area contributed by atoms with Gasteiger partial charge in [-0.15, -0.1) is 0 Å². The summed E-state index contributed by atoms with van der Waals surface area (Å²) < 4.78 is 4.08. The highest BCUT2D eigenvalue weighted by molar-refractivity contribution is 5.30. The number of hydrogen-bond donors (Lipinski definition) is 1. The van der Waals surface area contributed by atoms with Crippen LogP contribution in [0.25, 0.3) is 5.69 Å². The number of nitrogens with zero attached hydrogens (tertiary/aromatic N) is 3. The van der Waals surface area contributed by atoms with Gasteiger partial charge in [0.15, 0.2) is 0 Å². The molecule has 2 heterocycles. The second-order valence-corrected chi connectivity index (χ2v) is 5.21. The zero-order valence-corrected chi connectivity index (χ0v) is 12.4. The number of rotatable bonds is 5. The lowest BCUT2D eigenvalue weighted by molar-refractivity contribution is 0.648. The molecule has 0 saturated heterocycles. The quantitative estimate of drug-likeness (QED) is 0.779. The van der Waals surface area contributed by atoms with Crippen molar-refractivity contribution in [2.45, 2.75) is 19.5 Å². The number of benzene rings is 1. The first-order valence-corrected chi connectivity index (χ1v) is 7.19. The topological polar surface area (TPSA) is 34.8 Å². The van der Waals surface area contributed by atoms with Gasteiger partial charge in [-0.25, -0.2) is 4.68 Å². The number of para-hydroxylation sites is 1. The van der Waals surface area contributed by atoms with Crippen LogP contribution in [0.5, 0.6) is 0 Å². The first-order chi connectivity index (χ1) is 10.3. The first kappa shape index (κ1) is 13.6. The van der Waals surface area contributed by atoms with Crippen LogP contribution >= 0.6 is 0 Å². The zero-order valence-electron chi connectivity index (χ0n) is 12.4. The Hall–Kier alpha value is -2.33. The molecule has 0 aliphatic heterocycles. The average molecular weight is 280 g/mol. The standard InChI is InChI=1S/C17H20N4/c1-14(18-2)15-8-10-20(12-15)13-16-9-11-21(19-16)17-6-4-3-5-7-17/h3-12,14,18H,13H2,1-2H3. The van der Waals surface area contributed by atoms with Crippen LogP contribution in [0.2, 0.25) is 0 Å². The van der Waals surface area contributed by atoms with Crippen LogP contribution in [0, 0.1) is 0 Å². The Kier molecular flexibility index (Phi) is 3.88. The smallest absolute Gasteiger partial charge is 0.0826 e. The van der Waals surface area contributed by atoms with E-state index >= 15 is 0 Å². The number of hydrogen-bond acceptors (Lipinski definition) is 2. The normalized spacial score (nSPS) is 12.5. The predicted octanol–water partition coefficient (Wildman–Crippen LogP) is 3.00. The van der Waals surface area contributed by atoms with Crippen molar-refractivity contribution in [2.24, 2.45) is 0 Å². The molecule has 0 fully saturated rings. The Morgan fingerprint density at radius 2 is 1.90 bits per heavy atom. The van der Waals surface area contributed by atoms with Crippen molar-refractivity contribution in [2.75, 3.05) is 7.05 Å². The molecule has 0 amide bonds. The van der Waals surface area contributed by atoms with Gasteiger partial charge in [0, 0.05) is 24.6 Å². The maximum absolute atomic E-state index is 4.63. The maximum atomic E-state index is 4.63. The largest absolute Gasteiger partial charge is 0.348 e. The van der Waals surface area contributed by atoms with Crippen LogP contribution in [-0.4, -0.2) is 21.4 Å². The summed E-state index contributed by atoms with van der Waals surface area (Å²) in [5.41, 5.74) is 3.43. The monoisotopic (exact) mass is 280 g/mol. The molecule has 21 heavy (non-hydrogen) atoms. The molecule has 108 valence electrons. The third-order valence-corrected chi connectivity index (χ3v) is 3.72. The molecule has 0 bridgehead atoms. The second kappa shape index (κ2) is 5.97. The van der Waals surface area contributed by atoms with Gasteiger partial charge in [-0.3, -0.25) is 0 Å². The van der Waals surface area contributed by atoms with Crippen LogP contribution in [0.15, 0.2) is 61.1 Å². The van der Waals surface area contributed by atoms with Gasteiger partial charge in [-0.2, -0.15) is 5.10 Å². The highest BCUT2D eigenvalue weighted by Gasteiger charge is 2.06. The lowest BCUT2D eigenvalue weighted by Gasteiger charge is -2.06. The van der Waals surface area contributed by atoms with E-state index in [1.165, 1.54) is 5.56 Å². The van der Waals surface area contributed by atoms with Gasteiger partial charge in [-0.1, -0.05) is 18.2 Å². The van der Waals surface area contributed by atoms with Gasteiger partial charge in [0.2, 0.25) is 0 Å². The van der Waals surface area contributed by atoms with Crippen molar-refractivity contribution >= 4 is 0 Å². The minimum atomic E-state index is 0.369. The Labute approximate surface area is 125 Å². The van der Waals surface area contributed by atoms with Gasteiger partial charge in [0.05, 0.1) is 17.9 Å². The fourth-order valence-corrected chi connectivity index (χ4v) is 2.34. The summed E-state index contributed by atoms with van der Waals surface area (Å²) in [4.78, 5) is 0. The van der Waals surface area contributed by atoms with Crippen molar-refractivity contribution in [3.8, 4) is 5.69 Å². The predicted molar refractivity (Wildman–Crippen MR) is 84.6 cm³/mol. The Bertz CT molecular complexity index is 696. The third kappa shape index (κ3) is 3.06. The SMILES string of the molecule is CNC(C)c1ccn(Cc2ccn(-c3ccccc3)n2)c1. The molecule has 0 radical (unpaired) electrons. The van der Waals surface area contributed by atoms with E-state index in [1.54, 1.807) is 0 Å². The van der Waals surface area contributed by atoms with Gasteiger partial charge < -0.3 is 9.88 Å². The van der Waals surface area contributed by atoms with E-state index in [-0.39, 0.29) is 0 Å². The molecule has 4 heteroatoms. The van der Waals surface area contributed by atoms with E-state index in [2.05, 4.69) is 58.6 Å². The van der Waals surface area contributed by atoms with Gasteiger partial charge in [0.25, 0.3) is 0 Å². The van der Waals surface area contributed by atoms with Gasteiger partial charge in [0.1, 0.15) is 0 Å². The summed E-state index contributed by atoms with van der Waals surface area (Å²) >= 11 is 0. The van der Waals surface area contributed by atoms with Crippen molar-refractivity contribution in [3.05, 3.63) is 72.3 Å². The molecule has 0 saturated carbocycles. The molecule has 3 rings (SSSR count). The first-order valence-electron chi connectivity index (χ1n) is 7.19. The van der Waals surface area contributed by atoms with Crippen molar-refractivity contribution in [3.63, 3.8) is 0 Å². The fourth-order valence-electron chi connectivity index (χ4n) is 2.34. The van der Waals surface area contributed by atoms with E-state index in [0.29, 0.717) is 6.04 Å². The fraction of sp³-hybridized carbons (Fsp3) is 0.235. The summed E-state index contributed by atoms with van der Waals surface area (Å²) in [6, 6.07) is 14.7. The van der Waals surface area contributed by atoms with Crippen LogP contribution in [0.3, 0.4) is 0 Å². The molecule has 0 aliphatic rings. The zero-order chi connectivity index (χ0) is 14.7. The minimum absolute atomic E-state index is 0.369. The molecule has 2 aromatic heterocycles. The molecule has 1 aromatic carbocycles. The summed E-state index contributed by atoms with van der Waals surface area (Å²) in [5.74, 6) is 0. The summed E-state index contributed by atoms with van der Waals surface area (Å²) in [5, 5.41) is 7.88. The van der Waals surface area contributed by atoms with Crippen molar-refractivity contribution in [1.29, 1.82) is 0 Å². The maximum Gasteiger partial charge on any atom is 0.0826 e. The summed E-state index contributed by atoms with van der Waals surface area (Å²) in [6.45, 7) is 2.94. The second-order valence-electron chi connectivity index (χ2n) is 5.21. The molecule has 1 N–H and O–H groups in total. The highest BCUT2D eigenvalue weighted by atomic mass is 15.3. The molecule has 0 aliphatic carbocycles. The molecule has 3 aromatic rings. The van der Waals surface area contributed by atoms with Crippen molar-refractivity contribution in [1.82, 2.24) is 19.7 Å². The molecular formula is C17H20N4. The Morgan fingerprint density at radius 1 is 1.10 bits per heavy atom. The molecule has 4 nitrogen and oxygen atoms in total. The van der Waals surface area contributed by atoms with Crippen LogP contribution in [0.1, 0.15) is 24.2 Å².